The number of rotatable bonds is 0. The molecule has 16 heavy (non-hydrogen) atoms. The van der Waals surface area contributed by atoms with Crippen LogP contribution < -0.4 is 4.74 Å². The van der Waals surface area contributed by atoms with Gasteiger partial charge in [-0.25, -0.2) is 4.79 Å². The molecular weight excluding hydrogens is 204 g/mol. The highest BCUT2D eigenvalue weighted by Crippen LogP contribution is 2.27. The van der Waals surface area contributed by atoms with E-state index in [1.807, 2.05) is 18.2 Å². The van der Waals surface area contributed by atoms with E-state index in [0.717, 1.165) is 29.7 Å². The van der Waals surface area contributed by atoms with E-state index in [1.54, 1.807) is 0 Å². The van der Waals surface area contributed by atoms with Crippen LogP contribution in [0.4, 0.5) is 0 Å². The van der Waals surface area contributed by atoms with E-state index < -0.39 is 5.97 Å². The molecule has 0 fully saturated rings. The number of carbonyl (C=O) groups excluding carboxylic acids is 1. The van der Waals surface area contributed by atoms with Gasteiger partial charge in [0.05, 0.1) is 19.3 Å². The van der Waals surface area contributed by atoms with Crippen molar-refractivity contribution in [3.05, 3.63) is 29.3 Å². The molecule has 1 aliphatic rings. The lowest BCUT2D eigenvalue weighted by molar-refractivity contribution is -0.133. The monoisotopic (exact) mass is 216 g/mol. The minimum Gasteiger partial charge on any atom is -0.492 e. The first-order chi connectivity index (χ1) is 7.81. The van der Waals surface area contributed by atoms with Crippen molar-refractivity contribution in [2.45, 2.75) is 12.8 Å². The van der Waals surface area contributed by atoms with Crippen LogP contribution in [-0.4, -0.2) is 19.7 Å². The number of benzene rings is 1. The third-order valence-electron chi connectivity index (χ3n) is 2.42. The summed E-state index contributed by atoms with van der Waals surface area (Å²) < 4.78 is 10.0. The first kappa shape index (κ1) is 10.6. The summed E-state index contributed by atoms with van der Waals surface area (Å²) in [6, 6.07) is 5.80. The Labute approximate surface area is 94.4 Å². The molecule has 0 spiro atoms. The number of fused-ring (bicyclic) bond motifs is 1. The number of para-hydroxylation sites is 1. The fourth-order valence-corrected chi connectivity index (χ4v) is 1.66. The van der Waals surface area contributed by atoms with Crippen molar-refractivity contribution < 1.29 is 14.3 Å². The summed E-state index contributed by atoms with van der Waals surface area (Å²) in [6.45, 7) is 0.712. The van der Waals surface area contributed by atoms with Gasteiger partial charge in [0.1, 0.15) is 5.75 Å². The van der Waals surface area contributed by atoms with Crippen molar-refractivity contribution in [2.24, 2.45) is 0 Å². The van der Waals surface area contributed by atoms with Gasteiger partial charge in [0, 0.05) is 5.92 Å². The molecule has 0 aromatic heterocycles. The van der Waals surface area contributed by atoms with Gasteiger partial charge >= 0.3 is 5.97 Å². The number of hydrogen-bond acceptors (Lipinski definition) is 3. The number of ether oxygens (including phenoxy) is 2. The highest BCUT2D eigenvalue weighted by atomic mass is 16.5. The van der Waals surface area contributed by atoms with Gasteiger partial charge in [-0.3, -0.25) is 0 Å². The molecule has 1 aromatic carbocycles. The van der Waals surface area contributed by atoms with Crippen LogP contribution in [-0.2, 0) is 16.0 Å². The van der Waals surface area contributed by atoms with Gasteiger partial charge in [0.2, 0.25) is 0 Å². The fraction of sp³-hybridized carbons (Fsp3) is 0.308. The number of hydrogen-bond donors (Lipinski definition) is 0. The minimum absolute atomic E-state index is 0.534. The van der Waals surface area contributed by atoms with E-state index in [0.29, 0.717) is 6.61 Å². The zero-order valence-corrected chi connectivity index (χ0v) is 9.08. The summed E-state index contributed by atoms with van der Waals surface area (Å²) in [5, 5.41) is 0. The van der Waals surface area contributed by atoms with E-state index in [9.17, 15) is 4.79 Å². The topological polar surface area (TPSA) is 35.5 Å². The molecule has 0 saturated heterocycles. The molecule has 3 heteroatoms. The smallest absolute Gasteiger partial charge is 0.384 e. The molecule has 0 atom stereocenters. The predicted octanol–water partition coefficient (Wildman–Crippen LogP) is 1.54. The number of aryl methyl sites for hydroxylation is 1. The Hall–Kier alpha value is -1.95. The second-order valence-electron chi connectivity index (χ2n) is 3.49. The zero-order valence-electron chi connectivity index (χ0n) is 9.08. The van der Waals surface area contributed by atoms with Crippen molar-refractivity contribution in [1.82, 2.24) is 0 Å². The first-order valence-electron chi connectivity index (χ1n) is 5.16. The lowest BCUT2D eigenvalue weighted by Crippen LogP contribution is -2.09. The lowest BCUT2D eigenvalue weighted by Gasteiger charge is -2.18. The van der Waals surface area contributed by atoms with E-state index in [4.69, 9.17) is 4.74 Å². The van der Waals surface area contributed by atoms with Crippen molar-refractivity contribution in [1.29, 1.82) is 0 Å². The quantitative estimate of drug-likeness (QED) is 0.487. The predicted molar refractivity (Wildman–Crippen MR) is 59.2 cm³/mol. The van der Waals surface area contributed by atoms with Crippen LogP contribution in [0.5, 0.6) is 5.75 Å². The van der Waals surface area contributed by atoms with Gasteiger partial charge in [-0.1, -0.05) is 18.1 Å². The van der Waals surface area contributed by atoms with Crippen LogP contribution in [0, 0.1) is 11.8 Å². The molecular formula is C13H12O3. The van der Waals surface area contributed by atoms with E-state index >= 15 is 0 Å². The van der Waals surface area contributed by atoms with Crippen LogP contribution in [0.1, 0.15) is 17.5 Å². The Morgan fingerprint density at radius 3 is 3.19 bits per heavy atom. The van der Waals surface area contributed by atoms with Crippen LogP contribution in [0.25, 0.3) is 0 Å². The van der Waals surface area contributed by atoms with Crippen LogP contribution in [0.15, 0.2) is 18.2 Å². The third-order valence-corrected chi connectivity index (χ3v) is 2.42. The molecule has 0 radical (unpaired) electrons. The van der Waals surface area contributed by atoms with Gasteiger partial charge in [-0.05, 0) is 24.5 Å². The summed E-state index contributed by atoms with van der Waals surface area (Å²) in [4.78, 5) is 10.9. The first-order valence-corrected chi connectivity index (χ1v) is 5.16. The van der Waals surface area contributed by atoms with E-state index in [-0.39, 0.29) is 0 Å². The van der Waals surface area contributed by atoms with E-state index in [1.165, 1.54) is 7.11 Å². The standard InChI is InChI=1S/C13H12O3/c1-15-12(14)8-7-11-5-2-4-10-6-3-9-16-13(10)11/h2,4-5H,3,6,9H2,1H3. The molecule has 1 heterocycles. The average molecular weight is 216 g/mol. The Kier molecular flexibility index (Phi) is 3.11. The summed E-state index contributed by atoms with van der Waals surface area (Å²) in [7, 11) is 1.31. The molecule has 0 saturated carbocycles. The summed E-state index contributed by atoms with van der Waals surface area (Å²) in [5.41, 5.74) is 1.91. The maximum atomic E-state index is 10.9. The van der Waals surface area contributed by atoms with Crippen molar-refractivity contribution in [3.8, 4) is 17.6 Å². The van der Waals surface area contributed by atoms with Gasteiger partial charge in [0.25, 0.3) is 0 Å². The molecule has 1 aromatic rings. The van der Waals surface area contributed by atoms with Gasteiger partial charge in [0.15, 0.2) is 0 Å². The number of methoxy groups -OCH3 is 1. The maximum absolute atomic E-state index is 10.9. The van der Waals surface area contributed by atoms with Crippen molar-refractivity contribution in [2.75, 3.05) is 13.7 Å². The Morgan fingerprint density at radius 2 is 2.38 bits per heavy atom. The largest absolute Gasteiger partial charge is 0.492 e. The fourth-order valence-electron chi connectivity index (χ4n) is 1.66. The lowest BCUT2D eigenvalue weighted by atomic mass is 10.0. The second-order valence-corrected chi connectivity index (χ2v) is 3.49. The Bertz CT molecular complexity index is 466. The average Bonchev–Trinajstić information content (AvgIpc) is 2.35. The molecule has 1 aliphatic heterocycles. The molecule has 3 nitrogen and oxygen atoms in total. The normalized spacial score (nSPS) is 12.8. The molecule has 0 amide bonds. The molecule has 0 N–H and O–H groups in total. The summed E-state index contributed by atoms with van der Waals surface area (Å²) in [5.74, 6) is 5.46. The van der Waals surface area contributed by atoms with Crippen molar-refractivity contribution in [3.63, 3.8) is 0 Å². The van der Waals surface area contributed by atoms with E-state index in [2.05, 4.69) is 16.6 Å². The maximum Gasteiger partial charge on any atom is 0.384 e. The number of carbonyl (C=O) groups is 1. The third kappa shape index (κ3) is 2.17. The van der Waals surface area contributed by atoms with Crippen LogP contribution in [0.2, 0.25) is 0 Å². The van der Waals surface area contributed by atoms with Crippen LogP contribution in [0.3, 0.4) is 0 Å². The highest BCUT2D eigenvalue weighted by molar-refractivity contribution is 5.89. The van der Waals surface area contributed by atoms with Gasteiger partial charge < -0.3 is 9.47 Å². The molecule has 82 valence electrons. The summed E-state index contributed by atoms with van der Waals surface area (Å²) in [6.07, 6.45) is 2.03. The molecule has 0 aliphatic carbocycles. The molecule has 0 unspecified atom stereocenters. The minimum atomic E-state index is -0.534. The molecule has 0 bridgehead atoms. The summed E-state index contributed by atoms with van der Waals surface area (Å²) >= 11 is 0. The highest BCUT2D eigenvalue weighted by Gasteiger charge is 2.12. The Balaban J connectivity index is 2.33. The zero-order chi connectivity index (χ0) is 11.4. The van der Waals surface area contributed by atoms with Gasteiger partial charge in [-0.2, -0.15) is 0 Å². The van der Waals surface area contributed by atoms with Crippen molar-refractivity contribution >= 4 is 5.97 Å². The van der Waals surface area contributed by atoms with Gasteiger partial charge in [-0.15, -0.1) is 0 Å². The van der Waals surface area contributed by atoms with Crippen LogP contribution >= 0.6 is 0 Å². The second kappa shape index (κ2) is 4.71. The SMILES string of the molecule is COC(=O)C#Cc1cccc2c1OCCC2. The Morgan fingerprint density at radius 1 is 1.50 bits per heavy atom. The molecule has 2 rings (SSSR count). The number of esters is 1.